The summed E-state index contributed by atoms with van der Waals surface area (Å²) in [7, 11) is 0. The predicted molar refractivity (Wildman–Crippen MR) is 92.5 cm³/mol. The lowest BCUT2D eigenvalue weighted by Crippen LogP contribution is -2.42. The van der Waals surface area contributed by atoms with Crippen molar-refractivity contribution in [2.75, 3.05) is 0 Å². The van der Waals surface area contributed by atoms with Crippen LogP contribution in [0.2, 0.25) is 0 Å². The molecule has 0 spiro atoms. The average Bonchev–Trinajstić information content (AvgIpc) is 2.60. The van der Waals surface area contributed by atoms with Gasteiger partial charge in [0.25, 0.3) is 11.5 Å². The van der Waals surface area contributed by atoms with E-state index in [4.69, 9.17) is 0 Å². The lowest BCUT2D eigenvalue weighted by molar-refractivity contribution is -0.0399. The van der Waals surface area contributed by atoms with Gasteiger partial charge in [0.15, 0.2) is 0 Å². The van der Waals surface area contributed by atoms with Crippen LogP contribution in [0.1, 0.15) is 36.0 Å². The number of amides is 1. The van der Waals surface area contributed by atoms with Gasteiger partial charge in [-0.05, 0) is 25.0 Å². The number of halogens is 2. The fourth-order valence-electron chi connectivity index (χ4n) is 3.21. The fourth-order valence-corrected chi connectivity index (χ4v) is 3.21. The number of nitrogens with one attached hydrogen (secondary N) is 1. The van der Waals surface area contributed by atoms with Gasteiger partial charge >= 0.3 is 0 Å². The minimum absolute atomic E-state index is 0.114. The van der Waals surface area contributed by atoms with Crippen LogP contribution < -0.4 is 10.9 Å². The van der Waals surface area contributed by atoms with Gasteiger partial charge in [0.1, 0.15) is 17.0 Å². The summed E-state index contributed by atoms with van der Waals surface area (Å²) in [5.74, 6) is -3.95. The van der Waals surface area contributed by atoms with E-state index >= 15 is 0 Å². The summed E-state index contributed by atoms with van der Waals surface area (Å²) < 4.78 is 27.8. The molecule has 8 heteroatoms. The maximum atomic E-state index is 13.3. The van der Waals surface area contributed by atoms with Gasteiger partial charge < -0.3 is 10.4 Å². The van der Waals surface area contributed by atoms with Gasteiger partial charge in [0.05, 0.1) is 5.39 Å². The number of rotatable bonds is 4. The molecule has 0 bridgehead atoms. The fraction of sp³-hybridized carbons (Fsp3) is 0.389. The lowest BCUT2D eigenvalue weighted by Gasteiger charge is -2.28. The van der Waals surface area contributed by atoms with Crippen molar-refractivity contribution in [1.82, 2.24) is 14.9 Å². The summed E-state index contributed by atoms with van der Waals surface area (Å²) in [5.41, 5.74) is -0.874. The van der Waals surface area contributed by atoms with Gasteiger partial charge in [0.2, 0.25) is 5.92 Å². The van der Waals surface area contributed by atoms with Gasteiger partial charge in [-0.25, -0.2) is 13.8 Å². The first-order valence-electron chi connectivity index (χ1n) is 8.34. The molecule has 2 N–H and O–H groups in total. The van der Waals surface area contributed by atoms with Crippen LogP contribution in [0.4, 0.5) is 8.78 Å². The summed E-state index contributed by atoms with van der Waals surface area (Å²) in [6.45, 7) is 3.70. The van der Waals surface area contributed by atoms with E-state index < -0.39 is 34.7 Å². The first-order valence-corrected chi connectivity index (χ1v) is 8.34. The highest BCUT2D eigenvalue weighted by molar-refractivity contribution is 6.01. The van der Waals surface area contributed by atoms with Crippen LogP contribution in [-0.4, -0.2) is 32.5 Å². The van der Waals surface area contributed by atoms with Crippen LogP contribution in [0.3, 0.4) is 0 Å². The first-order chi connectivity index (χ1) is 12.3. The Bertz CT molecular complexity index is 914. The van der Waals surface area contributed by atoms with Gasteiger partial charge in [-0.3, -0.25) is 14.2 Å². The van der Waals surface area contributed by atoms with Crippen molar-refractivity contribution < 1.29 is 18.7 Å². The molecule has 2 heterocycles. The number of allylic oxidation sites excluding steroid dienone is 1. The monoisotopic (exact) mass is 363 g/mol. The zero-order valence-corrected chi connectivity index (χ0v) is 14.0. The van der Waals surface area contributed by atoms with Crippen LogP contribution in [0.15, 0.2) is 35.8 Å². The summed E-state index contributed by atoms with van der Waals surface area (Å²) in [6.07, 6.45) is 2.57. The Hall–Kier alpha value is -2.77. The third-order valence-electron chi connectivity index (χ3n) is 4.58. The summed E-state index contributed by atoms with van der Waals surface area (Å²) in [4.78, 5) is 29.4. The summed E-state index contributed by atoms with van der Waals surface area (Å²) in [6, 6.07) is 2.67. The molecular weight excluding hydrogens is 344 g/mol. The molecule has 138 valence electrons. The number of hydrogen-bond donors (Lipinski definition) is 2. The third kappa shape index (κ3) is 3.31. The van der Waals surface area contributed by atoms with Crippen LogP contribution >= 0.6 is 0 Å². The van der Waals surface area contributed by atoms with E-state index in [1.165, 1.54) is 16.8 Å². The number of nitrogens with zero attached hydrogens (tertiary/aromatic N) is 2. The number of fused-ring (bicyclic) bond motifs is 1. The normalized spacial score (nSPS) is 17.2. The van der Waals surface area contributed by atoms with Gasteiger partial charge in [-0.15, -0.1) is 6.58 Å². The molecule has 1 amide bonds. The van der Waals surface area contributed by atoms with E-state index in [0.717, 1.165) is 0 Å². The Kier molecular flexibility index (Phi) is 4.76. The van der Waals surface area contributed by atoms with Gasteiger partial charge in [-0.2, -0.15) is 0 Å². The molecule has 0 saturated heterocycles. The maximum Gasteiger partial charge on any atom is 0.269 e. The SMILES string of the molecule is C=CCn1c(=O)c(C(=O)NC2CCC(F)(F)CC2)c(O)c2cccnc21. The topological polar surface area (TPSA) is 84.2 Å². The molecule has 2 aromatic heterocycles. The molecule has 2 aromatic rings. The number of aromatic hydroxyl groups is 1. The van der Waals surface area contributed by atoms with Gasteiger partial charge in [0, 0.05) is 31.6 Å². The Balaban J connectivity index is 1.98. The molecule has 0 radical (unpaired) electrons. The number of hydrogen-bond acceptors (Lipinski definition) is 4. The molecule has 6 nitrogen and oxygen atoms in total. The first kappa shape index (κ1) is 18.0. The van der Waals surface area contributed by atoms with Crippen LogP contribution in [0.25, 0.3) is 11.0 Å². The van der Waals surface area contributed by atoms with Crippen molar-refractivity contribution in [3.05, 3.63) is 46.9 Å². The minimum Gasteiger partial charge on any atom is -0.506 e. The molecule has 0 atom stereocenters. The van der Waals surface area contributed by atoms with Crippen LogP contribution in [-0.2, 0) is 6.54 Å². The van der Waals surface area contributed by atoms with Crippen molar-refractivity contribution in [2.45, 2.75) is 44.2 Å². The van der Waals surface area contributed by atoms with Crippen molar-refractivity contribution >= 4 is 16.9 Å². The second-order valence-electron chi connectivity index (χ2n) is 6.41. The Morgan fingerprint density at radius 2 is 2.15 bits per heavy atom. The number of pyridine rings is 2. The average molecular weight is 363 g/mol. The van der Waals surface area contributed by atoms with E-state index in [-0.39, 0.29) is 43.3 Å². The smallest absolute Gasteiger partial charge is 0.269 e. The Labute approximate surface area is 148 Å². The van der Waals surface area contributed by atoms with Crippen LogP contribution in [0, 0.1) is 0 Å². The summed E-state index contributed by atoms with van der Waals surface area (Å²) in [5, 5.41) is 13.3. The number of aromatic nitrogens is 2. The summed E-state index contributed by atoms with van der Waals surface area (Å²) >= 11 is 0. The highest BCUT2D eigenvalue weighted by atomic mass is 19.3. The molecule has 3 rings (SSSR count). The van der Waals surface area contributed by atoms with Crippen molar-refractivity contribution in [1.29, 1.82) is 0 Å². The molecule has 1 saturated carbocycles. The van der Waals surface area contributed by atoms with E-state index in [1.807, 2.05) is 0 Å². The van der Waals surface area contributed by atoms with Crippen molar-refractivity contribution in [3.63, 3.8) is 0 Å². The highest BCUT2D eigenvalue weighted by Crippen LogP contribution is 2.33. The predicted octanol–water partition coefficient (Wildman–Crippen LogP) is 2.60. The highest BCUT2D eigenvalue weighted by Gasteiger charge is 2.36. The molecule has 1 aliphatic rings. The van der Waals surface area contributed by atoms with Crippen molar-refractivity contribution in [2.24, 2.45) is 0 Å². The Morgan fingerprint density at radius 1 is 1.46 bits per heavy atom. The molecule has 0 unspecified atom stereocenters. The largest absolute Gasteiger partial charge is 0.506 e. The number of carbonyl (C=O) groups is 1. The van der Waals surface area contributed by atoms with Crippen LogP contribution in [0.5, 0.6) is 5.75 Å². The second-order valence-corrected chi connectivity index (χ2v) is 6.41. The molecule has 1 aliphatic carbocycles. The minimum atomic E-state index is -2.71. The van der Waals surface area contributed by atoms with E-state index in [9.17, 15) is 23.5 Å². The van der Waals surface area contributed by atoms with Crippen molar-refractivity contribution in [3.8, 4) is 5.75 Å². The zero-order chi connectivity index (χ0) is 18.9. The second kappa shape index (κ2) is 6.86. The third-order valence-corrected chi connectivity index (χ3v) is 4.58. The number of alkyl halides is 2. The van der Waals surface area contributed by atoms with E-state index in [0.29, 0.717) is 0 Å². The van der Waals surface area contributed by atoms with E-state index in [1.54, 1.807) is 12.1 Å². The zero-order valence-electron chi connectivity index (χ0n) is 14.0. The maximum absolute atomic E-state index is 13.3. The molecule has 0 aliphatic heterocycles. The molecule has 0 aromatic carbocycles. The standard InChI is InChI=1S/C18H19F2N3O3/c1-2-10-23-15-12(4-3-9-21-15)14(24)13(17(23)26)16(25)22-11-5-7-18(19,20)8-6-11/h2-4,9,11,24H,1,5-8,10H2,(H,22,25). The van der Waals surface area contributed by atoms with Gasteiger partial charge in [-0.1, -0.05) is 6.08 Å². The lowest BCUT2D eigenvalue weighted by atomic mass is 9.92. The Morgan fingerprint density at radius 3 is 2.81 bits per heavy atom. The van der Waals surface area contributed by atoms with E-state index in [2.05, 4.69) is 16.9 Å². The number of carbonyl (C=O) groups excluding carboxylic acids is 1. The molecule has 26 heavy (non-hydrogen) atoms. The molecule has 1 fully saturated rings. The molecular formula is C18H19F2N3O3. The quantitative estimate of drug-likeness (QED) is 0.818.